The lowest BCUT2D eigenvalue weighted by molar-refractivity contribution is 0.0525. The number of carbonyl (C=O) groups excluding carboxylic acids is 2. The van der Waals surface area contributed by atoms with Gasteiger partial charge in [0.05, 0.1) is 12.7 Å². The van der Waals surface area contributed by atoms with E-state index in [-0.39, 0.29) is 12.1 Å². The van der Waals surface area contributed by atoms with E-state index in [1.54, 1.807) is 12.1 Å². The van der Waals surface area contributed by atoms with Gasteiger partial charge in [-0.15, -0.1) is 0 Å². The van der Waals surface area contributed by atoms with Crippen LogP contribution in [0.2, 0.25) is 0 Å². The number of amides is 1. The minimum Gasteiger partial charge on any atom is -0.465 e. The van der Waals surface area contributed by atoms with Gasteiger partial charge >= 0.3 is 12.1 Å². The lowest BCUT2D eigenvalue weighted by Gasteiger charge is -2.36. The number of nitrogens with one attached hydrogen (secondary N) is 1. The lowest BCUT2D eigenvalue weighted by atomic mass is 10.1. The molecule has 0 radical (unpaired) electrons. The van der Waals surface area contributed by atoms with Crippen LogP contribution in [0.5, 0.6) is 0 Å². The van der Waals surface area contributed by atoms with Crippen LogP contribution in [0.15, 0.2) is 59.1 Å². The number of ether oxygens (including phenoxy) is 2. The molecule has 0 unspecified atom stereocenters. The molecule has 1 aromatic heterocycles. The quantitative estimate of drug-likeness (QED) is 0.224. The monoisotopic (exact) mass is 562 g/mol. The van der Waals surface area contributed by atoms with Gasteiger partial charge in [0.25, 0.3) is 0 Å². The highest BCUT2D eigenvalue weighted by Crippen LogP contribution is 2.29. The summed E-state index contributed by atoms with van der Waals surface area (Å²) in [4.78, 5) is 28.5. The van der Waals surface area contributed by atoms with Crippen molar-refractivity contribution in [2.24, 2.45) is 0 Å². The summed E-state index contributed by atoms with van der Waals surface area (Å²) in [6.07, 6.45) is 4.05. The zero-order chi connectivity index (χ0) is 29.2. The number of aromatic nitrogens is 1. The molecule has 2 aromatic carbocycles. The van der Waals surface area contributed by atoms with Crippen molar-refractivity contribution in [3.8, 4) is 22.6 Å². The maximum absolute atomic E-state index is 11.9. The number of alkyl carbamates (subject to hydrolysis) is 1. The molecule has 220 valence electrons. The van der Waals surface area contributed by atoms with Gasteiger partial charge in [0, 0.05) is 55.6 Å². The highest BCUT2D eigenvalue weighted by molar-refractivity contribution is 5.90. The average molecular weight is 563 g/mol. The molecule has 2 heterocycles. The number of benzene rings is 2. The molecule has 1 aliphatic heterocycles. The van der Waals surface area contributed by atoms with Crippen LogP contribution in [0.3, 0.4) is 0 Å². The summed E-state index contributed by atoms with van der Waals surface area (Å²) in [6.45, 7) is 11.4. The van der Waals surface area contributed by atoms with Crippen LogP contribution in [0, 0.1) is 0 Å². The summed E-state index contributed by atoms with van der Waals surface area (Å²) >= 11 is 0. The molecule has 0 spiro atoms. The molecule has 4 rings (SSSR count). The van der Waals surface area contributed by atoms with E-state index in [1.807, 2.05) is 45.0 Å². The number of anilines is 1. The maximum atomic E-state index is 11.9. The van der Waals surface area contributed by atoms with Crippen molar-refractivity contribution in [1.29, 1.82) is 0 Å². The second kappa shape index (κ2) is 14.2. The van der Waals surface area contributed by atoms with Crippen LogP contribution < -0.4 is 10.2 Å². The average Bonchev–Trinajstić information content (AvgIpc) is 3.46. The van der Waals surface area contributed by atoms with Crippen LogP contribution in [0.4, 0.5) is 10.5 Å². The topological polar surface area (TPSA) is 97.1 Å². The van der Waals surface area contributed by atoms with Crippen LogP contribution in [0.25, 0.3) is 22.6 Å². The molecule has 41 heavy (non-hydrogen) atoms. The molecule has 0 aliphatic carbocycles. The second-order valence-corrected chi connectivity index (χ2v) is 11.4. The SMILES string of the molecule is COC(=O)c1cccc(-c2cc(-c3cccc(N4CCN(CCCCCCNC(=O)OC(C)(C)C)CC4)c3)on2)c1. The summed E-state index contributed by atoms with van der Waals surface area (Å²) < 4.78 is 15.8. The highest BCUT2D eigenvalue weighted by Gasteiger charge is 2.19. The van der Waals surface area contributed by atoms with Gasteiger partial charge in [0.15, 0.2) is 5.76 Å². The standard InChI is InChI=1S/C32H42N4O5/c1-32(2,3)40-31(38)33-15-7-5-6-8-16-35-17-19-36(20-18-35)27-14-10-12-25(22-27)29-23-28(34-41-29)24-11-9-13-26(21-24)30(37)39-4/h9-14,21-23H,5-8,15-20H2,1-4H3,(H,33,38). The van der Waals surface area contributed by atoms with Gasteiger partial charge in [0.1, 0.15) is 11.3 Å². The molecule has 1 saturated heterocycles. The van der Waals surface area contributed by atoms with Gasteiger partial charge in [-0.2, -0.15) is 0 Å². The molecule has 9 nitrogen and oxygen atoms in total. The van der Waals surface area contributed by atoms with E-state index in [9.17, 15) is 9.59 Å². The fourth-order valence-electron chi connectivity index (χ4n) is 4.87. The van der Waals surface area contributed by atoms with Crippen molar-refractivity contribution in [2.75, 3.05) is 51.3 Å². The van der Waals surface area contributed by atoms with Gasteiger partial charge < -0.3 is 24.2 Å². The van der Waals surface area contributed by atoms with Crippen molar-refractivity contribution in [3.63, 3.8) is 0 Å². The summed E-state index contributed by atoms with van der Waals surface area (Å²) in [6, 6.07) is 17.4. The van der Waals surface area contributed by atoms with E-state index >= 15 is 0 Å². The Morgan fingerprint density at radius 1 is 0.927 bits per heavy atom. The summed E-state index contributed by atoms with van der Waals surface area (Å²) in [5.41, 5.74) is 3.62. The fraction of sp³-hybridized carbons (Fsp3) is 0.469. The first kappa shape index (κ1) is 30.1. The smallest absolute Gasteiger partial charge is 0.407 e. The van der Waals surface area contributed by atoms with Crippen molar-refractivity contribution >= 4 is 17.7 Å². The third-order valence-corrected chi connectivity index (χ3v) is 7.03. The van der Waals surface area contributed by atoms with Gasteiger partial charge in [-0.1, -0.05) is 42.3 Å². The molecule has 1 amide bonds. The molecule has 9 heteroatoms. The number of hydrogen-bond donors (Lipinski definition) is 1. The number of carbonyl (C=O) groups is 2. The van der Waals surface area contributed by atoms with E-state index in [2.05, 4.69) is 38.5 Å². The van der Waals surface area contributed by atoms with Crippen LogP contribution >= 0.6 is 0 Å². The number of rotatable bonds is 11. The number of unbranched alkanes of at least 4 members (excludes halogenated alkanes) is 3. The molecule has 0 atom stereocenters. The zero-order valence-electron chi connectivity index (χ0n) is 24.7. The maximum Gasteiger partial charge on any atom is 0.407 e. The Labute approximate surface area is 242 Å². The third-order valence-electron chi connectivity index (χ3n) is 7.03. The number of hydrogen-bond acceptors (Lipinski definition) is 8. The van der Waals surface area contributed by atoms with Crippen molar-refractivity contribution in [2.45, 2.75) is 52.1 Å². The molecule has 0 saturated carbocycles. The molecule has 0 bridgehead atoms. The summed E-state index contributed by atoms with van der Waals surface area (Å²) in [5.74, 6) is 0.304. The first-order valence-electron chi connectivity index (χ1n) is 14.4. The number of piperazine rings is 1. The molecular formula is C32H42N4O5. The second-order valence-electron chi connectivity index (χ2n) is 11.4. The summed E-state index contributed by atoms with van der Waals surface area (Å²) in [5, 5.41) is 7.07. The molecule has 3 aromatic rings. The highest BCUT2D eigenvalue weighted by atomic mass is 16.6. The van der Waals surface area contributed by atoms with E-state index in [4.69, 9.17) is 14.0 Å². The normalized spacial score (nSPS) is 14.1. The fourth-order valence-corrected chi connectivity index (χ4v) is 4.87. The minimum absolute atomic E-state index is 0.339. The Morgan fingerprint density at radius 3 is 2.41 bits per heavy atom. The summed E-state index contributed by atoms with van der Waals surface area (Å²) in [7, 11) is 1.37. The Hall–Kier alpha value is -3.85. The molecular weight excluding hydrogens is 520 g/mol. The predicted octanol–water partition coefficient (Wildman–Crippen LogP) is 6.00. The first-order valence-corrected chi connectivity index (χ1v) is 14.4. The largest absolute Gasteiger partial charge is 0.465 e. The Kier molecular flexibility index (Phi) is 10.4. The molecule has 1 N–H and O–H groups in total. The van der Waals surface area contributed by atoms with Crippen molar-refractivity contribution < 1.29 is 23.6 Å². The van der Waals surface area contributed by atoms with Crippen molar-refractivity contribution in [1.82, 2.24) is 15.4 Å². The number of methoxy groups -OCH3 is 1. The van der Waals surface area contributed by atoms with Gasteiger partial charge in [-0.3, -0.25) is 4.90 Å². The van der Waals surface area contributed by atoms with Gasteiger partial charge in [-0.05, 0) is 64.4 Å². The number of nitrogens with zero attached hydrogens (tertiary/aromatic N) is 3. The predicted molar refractivity (Wildman–Crippen MR) is 160 cm³/mol. The third kappa shape index (κ3) is 9.08. The molecule has 1 fully saturated rings. The number of esters is 1. The zero-order valence-corrected chi connectivity index (χ0v) is 24.7. The van der Waals surface area contributed by atoms with Gasteiger partial charge in [0.2, 0.25) is 0 Å². The van der Waals surface area contributed by atoms with Crippen LogP contribution in [-0.2, 0) is 9.47 Å². The van der Waals surface area contributed by atoms with E-state index in [0.29, 0.717) is 23.6 Å². The van der Waals surface area contributed by atoms with Crippen LogP contribution in [-0.4, -0.2) is 74.1 Å². The van der Waals surface area contributed by atoms with E-state index in [0.717, 1.165) is 69.5 Å². The van der Waals surface area contributed by atoms with Gasteiger partial charge in [-0.25, -0.2) is 9.59 Å². The minimum atomic E-state index is -0.458. The molecule has 1 aliphatic rings. The lowest BCUT2D eigenvalue weighted by Crippen LogP contribution is -2.46. The Morgan fingerprint density at radius 2 is 1.66 bits per heavy atom. The van der Waals surface area contributed by atoms with Crippen molar-refractivity contribution in [3.05, 3.63) is 60.2 Å². The van der Waals surface area contributed by atoms with E-state index < -0.39 is 5.60 Å². The first-order chi connectivity index (χ1) is 19.7. The van der Waals surface area contributed by atoms with Crippen LogP contribution in [0.1, 0.15) is 56.8 Å². The Balaban J connectivity index is 1.20. The Bertz CT molecular complexity index is 1290. The van der Waals surface area contributed by atoms with E-state index in [1.165, 1.54) is 12.8 Å².